The Morgan fingerprint density at radius 3 is 2.57 bits per heavy atom. The Morgan fingerprint density at radius 2 is 2.00 bits per heavy atom. The fraction of sp³-hybridized carbons (Fsp3) is 0.100. The maximum absolute atomic E-state index is 9.47. The zero-order valence-electron chi connectivity index (χ0n) is 7.39. The van der Waals surface area contributed by atoms with Crippen LogP contribution >= 0.6 is 11.6 Å². The third-order valence-corrected chi connectivity index (χ3v) is 2.21. The molecule has 1 N–H and O–H groups in total. The number of hydrogen-bond acceptors (Lipinski definition) is 2. The van der Waals surface area contributed by atoms with E-state index in [1.807, 2.05) is 30.3 Å². The third-order valence-electron chi connectivity index (χ3n) is 1.94. The first kappa shape index (κ1) is 9.09. The minimum absolute atomic E-state index is 0.00974. The highest BCUT2D eigenvalue weighted by Gasteiger charge is 2.06. The first-order valence-electron chi connectivity index (χ1n) is 4.21. The van der Waals surface area contributed by atoms with Crippen LogP contribution in [-0.2, 0) is 6.54 Å². The quantitative estimate of drug-likeness (QED) is 0.823. The highest BCUT2D eigenvalue weighted by molar-refractivity contribution is 6.31. The van der Waals surface area contributed by atoms with E-state index in [0.29, 0.717) is 6.54 Å². The van der Waals surface area contributed by atoms with Gasteiger partial charge in [-0.15, -0.1) is 0 Å². The predicted molar refractivity (Wildman–Crippen MR) is 54.4 cm³/mol. The molecule has 0 unspecified atom stereocenters. The molecule has 3 nitrogen and oxygen atoms in total. The largest absolute Gasteiger partial charge is 0.492 e. The first-order valence-corrected chi connectivity index (χ1v) is 4.59. The van der Waals surface area contributed by atoms with E-state index >= 15 is 0 Å². The van der Waals surface area contributed by atoms with Crippen LogP contribution in [0.2, 0.25) is 5.02 Å². The van der Waals surface area contributed by atoms with E-state index in [9.17, 15) is 5.11 Å². The molecule has 0 bridgehead atoms. The van der Waals surface area contributed by atoms with Gasteiger partial charge in [-0.25, -0.2) is 4.68 Å². The van der Waals surface area contributed by atoms with Gasteiger partial charge in [0.05, 0.1) is 12.7 Å². The molecule has 0 saturated carbocycles. The molecule has 0 amide bonds. The number of benzene rings is 1. The van der Waals surface area contributed by atoms with E-state index in [1.54, 1.807) is 0 Å². The van der Waals surface area contributed by atoms with Crippen molar-refractivity contribution in [3.05, 3.63) is 47.1 Å². The lowest BCUT2D eigenvalue weighted by molar-refractivity contribution is 0.409. The van der Waals surface area contributed by atoms with Crippen molar-refractivity contribution in [2.45, 2.75) is 6.54 Å². The SMILES string of the molecule is Oc1c(Cl)cnn1Cc1ccccc1. The van der Waals surface area contributed by atoms with Gasteiger partial charge in [0.15, 0.2) is 0 Å². The number of hydrogen-bond donors (Lipinski definition) is 1. The molecule has 4 heteroatoms. The summed E-state index contributed by atoms with van der Waals surface area (Å²) in [7, 11) is 0. The summed E-state index contributed by atoms with van der Waals surface area (Å²) in [6.07, 6.45) is 1.43. The Labute approximate surface area is 86.6 Å². The lowest BCUT2D eigenvalue weighted by Crippen LogP contribution is -2.00. The van der Waals surface area contributed by atoms with Crippen molar-refractivity contribution < 1.29 is 5.11 Å². The van der Waals surface area contributed by atoms with Crippen molar-refractivity contribution in [3.8, 4) is 5.88 Å². The van der Waals surface area contributed by atoms with E-state index in [2.05, 4.69) is 5.10 Å². The zero-order valence-corrected chi connectivity index (χ0v) is 8.15. The molecular weight excluding hydrogens is 200 g/mol. The average molecular weight is 209 g/mol. The molecule has 0 aliphatic carbocycles. The Hall–Kier alpha value is -1.48. The van der Waals surface area contributed by atoms with Gasteiger partial charge in [0.2, 0.25) is 5.88 Å². The van der Waals surface area contributed by atoms with Crippen LogP contribution in [0, 0.1) is 0 Å². The van der Waals surface area contributed by atoms with E-state index in [-0.39, 0.29) is 10.9 Å². The van der Waals surface area contributed by atoms with E-state index < -0.39 is 0 Å². The Kier molecular flexibility index (Phi) is 2.41. The summed E-state index contributed by atoms with van der Waals surface area (Å²) in [5.74, 6) is 0.00974. The molecule has 0 aliphatic rings. The van der Waals surface area contributed by atoms with Gasteiger partial charge in [0.1, 0.15) is 5.02 Å². The summed E-state index contributed by atoms with van der Waals surface area (Å²) in [5, 5.41) is 13.7. The van der Waals surface area contributed by atoms with E-state index in [4.69, 9.17) is 11.6 Å². The minimum Gasteiger partial charge on any atom is -0.492 e. The molecule has 0 aliphatic heterocycles. The van der Waals surface area contributed by atoms with Crippen molar-refractivity contribution in [1.29, 1.82) is 0 Å². The molecule has 72 valence electrons. The molecule has 0 radical (unpaired) electrons. The number of nitrogens with zero attached hydrogens (tertiary/aromatic N) is 2. The molecule has 1 heterocycles. The van der Waals surface area contributed by atoms with Crippen molar-refractivity contribution >= 4 is 11.6 Å². The van der Waals surface area contributed by atoms with Gasteiger partial charge in [0.25, 0.3) is 0 Å². The molecule has 14 heavy (non-hydrogen) atoms. The summed E-state index contributed by atoms with van der Waals surface area (Å²) in [6.45, 7) is 0.527. The second kappa shape index (κ2) is 3.72. The third kappa shape index (κ3) is 1.72. The molecule has 2 aromatic rings. The van der Waals surface area contributed by atoms with Crippen molar-refractivity contribution in [2.75, 3.05) is 0 Å². The monoisotopic (exact) mass is 208 g/mol. The lowest BCUT2D eigenvalue weighted by atomic mass is 10.2. The van der Waals surface area contributed by atoms with Crippen LogP contribution in [-0.4, -0.2) is 14.9 Å². The van der Waals surface area contributed by atoms with Gasteiger partial charge in [0, 0.05) is 0 Å². The van der Waals surface area contributed by atoms with Gasteiger partial charge in [-0.2, -0.15) is 5.10 Å². The van der Waals surface area contributed by atoms with E-state index in [1.165, 1.54) is 10.9 Å². The Balaban J connectivity index is 2.23. The summed E-state index contributed by atoms with van der Waals surface area (Å²) < 4.78 is 1.46. The molecule has 0 atom stereocenters. The molecule has 1 aromatic heterocycles. The van der Waals surface area contributed by atoms with Gasteiger partial charge in [-0.05, 0) is 5.56 Å². The standard InChI is InChI=1S/C10H9ClN2O/c11-9-6-12-13(10(9)14)7-8-4-2-1-3-5-8/h1-6,14H,7H2. The maximum Gasteiger partial charge on any atom is 0.228 e. The Morgan fingerprint density at radius 1 is 1.29 bits per heavy atom. The fourth-order valence-electron chi connectivity index (χ4n) is 1.23. The van der Waals surface area contributed by atoms with Crippen LogP contribution in [0.1, 0.15) is 5.56 Å². The number of halogens is 1. The molecule has 0 spiro atoms. The van der Waals surface area contributed by atoms with Crippen LogP contribution in [0.15, 0.2) is 36.5 Å². The van der Waals surface area contributed by atoms with Gasteiger partial charge < -0.3 is 5.11 Å². The van der Waals surface area contributed by atoms with Crippen molar-refractivity contribution in [2.24, 2.45) is 0 Å². The molecular formula is C10H9ClN2O. The summed E-state index contributed by atoms with van der Waals surface area (Å²) >= 11 is 5.66. The number of aromatic nitrogens is 2. The van der Waals surface area contributed by atoms with Crippen LogP contribution < -0.4 is 0 Å². The molecule has 2 rings (SSSR count). The van der Waals surface area contributed by atoms with Crippen molar-refractivity contribution in [1.82, 2.24) is 9.78 Å². The van der Waals surface area contributed by atoms with Crippen LogP contribution in [0.3, 0.4) is 0 Å². The van der Waals surface area contributed by atoms with Crippen molar-refractivity contribution in [3.63, 3.8) is 0 Å². The van der Waals surface area contributed by atoms with Gasteiger partial charge >= 0.3 is 0 Å². The molecule has 0 saturated heterocycles. The molecule has 0 fully saturated rings. The normalized spacial score (nSPS) is 10.4. The second-order valence-corrected chi connectivity index (χ2v) is 3.37. The highest BCUT2D eigenvalue weighted by atomic mass is 35.5. The number of aromatic hydroxyl groups is 1. The zero-order chi connectivity index (χ0) is 9.97. The van der Waals surface area contributed by atoms with E-state index in [0.717, 1.165) is 5.56 Å². The number of rotatable bonds is 2. The summed E-state index contributed by atoms with van der Waals surface area (Å²) in [6, 6.07) is 9.76. The topological polar surface area (TPSA) is 38.1 Å². The summed E-state index contributed by atoms with van der Waals surface area (Å²) in [5.41, 5.74) is 1.07. The maximum atomic E-state index is 9.47. The van der Waals surface area contributed by atoms with Gasteiger partial charge in [-0.3, -0.25) is 0 Å². The predicted octanol–water partition coefficient (Wildman–Crippen LogP) is 2.29. The van der Waals surface area contributed by atoms with Crippen LogP contribution in [0.4, 0.5) is 0 Å². The van der Waals surface area contributed by atoms with Crippen LogP contribution in [0.25, 0.3) is 0 Å². The lowest BCUT2D eigenvalue weighted by Gasteiger charge is -2.02. The fourth-order valence-corrected chi connectivity index (χ4v) is 1.37. The first-order chi connectivity index (χ1) is 6.77. The van der Waals surface area contributed by atoms with Crippen LogP contribution in [0.5, 0.6) is 5.88 Å². The molecule has 1 aromatic carbocycles. The Bertz CT molecular complexity index is 425. The second-order valence-electron chi connectivity index (χ2n) is 2.96. The average Bonchev–Trinajstić information content (AvgIpc) is 2.52. The summed E-state index contributed by atoms with van der Waals surface area (Å²) in [4.78, 5) is 0. The smallest absolute Gasteiger partial charge is 0.228 e. The minimum atomic E-state index is 0.00974. The highest BCUT2D eigenvalue weighted by Crippen LogP contribution is 2.22. The van der Waals surface area contributed by atoms with Gasteiger partial charge in [-0.1, -0.05) is 41.9 Å².